The molecule has 2 aromatic carbocycles. The van der Waals surface area contributed by atoms with Gasteiger partial charge in [0.05, 0.1) is 5.91 Å². The Morgan fingerprint density at radius 2 is 1.48 bits per heavy atom. The van der Waals surface area contributed by atoms with Gasteiger partial charge in [-0.05, 0) is 22.1 Å². The van der Waals surface area contributed by atoms with Crippen LogP contribution in [-0.4, -0.2) is 5.91 Å². The summed E-state index contributed by atoms with van der Waals surface area (Å²) in [6.07, 6.45) is 0. The second-order valence-corrected chi connectivity index (χ2v) is 6.35. The Morgan fingerprint density at radius 1 is 0.905 bits per heavy atom. The maximum absolute atomic E-state index is 12.6. The van der Waals surface area contributed by atoms with Crippen LogP contribution in [0.3, 0.4) is 0 Å². The molecule has 1 aliphatic heterocycles. The zero-order chi connectivity index (χ0) is 14.3. The molecule has 1 unspecified atom stereocenters. The van der Waals surface area contributed by atoms with E-state index in [1.54, 1.807) is 0 Å². The van der Waals surface area contributed by atoms with Gasteiger partial charge in [0.2, 0.25) is 0 Å². The zero-order valence-electron chi connectivity index (χ0n) is 13.1. The third-order valence-corrected chi connectivity index (χ3v) is 3.81. The second-order valence-electron chi connectivity index (χ2n) is 6.35. The molecule has 2 aromatic rings. The molecule has 0 N–H and O–H groups in total. The number of hydrogen-bond acceptors (Lipinski definition) is 1. The van der Waals surface area contributed by atoms with Gasteiger partial charge < -0.3 is 10.1 Å². The largest absolute Gasteiger partial charge is 1.00 e. The van der Waals surface area contributed by atoms with Crippen LogP contribution in [0.25, 0.3) is 16.4 Å². The van der Waals surface area contributed by atoms with Crippen molar-refractivity contribution < 1.29 is 63.0 Å². The van der Waals surface area contributed by atoms with Crippen LogP contribution in [0.15, 0.2) is 48.5 Å². The van der Waals surface area contributed by atoms with Crippen LogP contribution in [-0.2, 0) is 4.79 Å². The third-order valence-electron chi connectivity index (χ3n) is 3.81. The van der Waals surface area contributed by atoms with Crippen LogP contribution in [0.1, 0.15) is 32.3 Å². The molecule has 0 aliphatic carbocycles. The fourth-order valence-corrected chi connectivity index (χ4v) is 2.95. The van der Waals surface area contributed by atoms with E-state index >= 15 is 0 Å². The number of rotatable bonds is 0. The fraction of sp³-hybridized carbons (Fsp3) is 0.278. The van der Waals surface area contributed by atoms with E-state index in [9.17, 15) is 4.79 Å². The summed E-state index contributed by atoms with van der Waals surface area (Å²) >= 11 is 0. The van der Waals surface area contributed by atoms with Gasteiger partial charge in [-0.25, -0.2) is 0 Å². The predicted octanol–water partition coefficient (Wildman–Crippen LogP) is 2.03. The predicted molar refractivity (Wildman–Crippen MR) is 82.1 cm³/mol. The number of hydrogen-bond donors (Lipinski definition) is 0. The van der Waals surface area contributed by atoms with Gasteiger partial charge in [-0.3, -0.25) is 0 Å². The van der Waals surface area contributed by atoms with E-state index in [-0.39, 0.29) is 75.4 Å². The van der Waals surface area contributed by atoms with Crippen molar-refractivity contribution >= 4 is 11.6 Å². The van der Waals surface area contributed by atoms with Crippen LogP contribution in [0.2, 0.25) is 0 Å². The molecule has 102 valence electrons. The summed E-state index contributed by atoms with van der Waals surface area (Å²) in [5, 5.41) is 4.36. The maximum Gasteiger partial charge on any atom is 1.00 e. The first-order valence-electron chi connectivity index (χ1n) is 6.92. The number of nitrogens with zero attached hydrogens (tertiary/aromatic N) is 1. The van der Waals surface area contributed by atoms with Crippen molar-refractivity contribution in [3.63, 3.8) is 0 Å². The van der Waals surface area contributed by atoms with E-state index in [1.807, 2.05) is 36.4 Å². The van der Waals surface area contributed by atoms with Crippen molar-refractivity contribution in [3.05, 3.63) is 59.4 Å². The summed E-state index contributed by atoms with van der Waals surface area (Å²) in [6.45, 7) is 6.29. The van der Waals surface area contributed by atoms with E-state index in [1.165, 1.54) is 0 Å². The van der Waals surface area contributed by atoms with E-state index in [2.05, 4.69) is 38.2 Å². The molecule has 1 aliphatic rings. The SMILES string of the molecule is CC(C)(C)C1C(=O)[N-]c2ccccc2-c2ccccc21.[Rb+]. The van der Waals surface area contributed by atoms with E-state index in [4.69, 9.17) is 0 Å². The molecule has 0 saturated heterocycles. The van der Waals surface area contributed by atoms with Gasteiger partial charge in [-0.1, -0.05) is 69.3 Å². The van der Waals surface area contributed by atoms with Crippen molar-refractivity contribution in [2.24, 2.45) is 5.41 Å². The van der Waals surface area contributed by atoms with E-state index < -0.39 is 0 Å². The first kappa shape index (κ1) is 17.1. The molecule has 0 fully saturated rings. The molecule has 2 nitrogen and oxygen atoms in total. The standard InChI is InChI=1S/C18H19NO.Rb/c1-18(2,3)16-14-10-5-4-8-12(14)13-9-6-7-11-15(13)19-17(16)20;/h4-11,16H,1-3H3,(H,19,20);/q;+1/p-1. The molecule has 0 spiro atoms. The molecular formula is C18H18NORb. The van der Waals surface area contributed by atoms with Gasteiger partial charge in [0.1, 0.15) is 0 Å². The van der Waals surface area contributed by atoms with Crippen LogP contribution in [0, 0.1) is 5.41 Å². The van der Waals surface area contributed by atoms with Gasteiger partial charge in [0, 0.05) is 5.92 Å². The third kappa shape index (κ3) is 3.24. The number of benzene rings is 2. The maximum atomic E-state index is 12.6. The van der Waals surface area contributed by atoms with Crippen molar-refractivity contribution in [2.75, 3.05) is 0 Å². The Hall–Kier alpha value is -0.285. The quantitative estimate of drug-likeness (QED) is 0.716. The number of carbonyl (C=O) groups is 1. The molecule has 1 atom stereocenters. The minimum atomic E-state index is -0.203. The first-order valence-corrected chi connectivity index (χ1v) is 6.92. The molecular weight excluding hydrogens is 332 g/mol. The van der Waals surface area contributed by atoms with Gasteiger partial charge >= 0.3 is 58.2 Å². The summed E-state index contributed by atoms with van der Waals surface area (Å²) in [5.74, 6) is -0.249. The zero-order valence-corrected chi connectivity index (χ0v) is 18.0. The monoisotopic (exact) mass is 349 g/mol. The number of amides is 1. The van der Waals surface area contributed by atoms with Gasteiger partial charge in [-0.15, -0.1) is 5.69 Å². The first-order chi connectivity index (χ1) is 9.48. The summed E-state index contributed by atoms with van der Waals surface area (Å²) in [4.78, 5) is 12.6. The Kier molecular flexibility index (Phi) is 5.25. The average Bonchev–Trinajstić information content (AvgIpc) is 2.51. The molecule has 3 rings (SSSR count). The molecule has 3 heteroatoms. The van der Waals surface area contributed by atoms with Gasteiger partial charge in [0.25, 0.3) is 0 Å². The van der Waals surface area contributed by atoms with Crippen LogP contribution >= 0.6 is 0 Å². The Morgan fingerprint density at radius 3 is 2.14 bits per heavy atom. The Bertz CT molecular complexity index is 673. The number of para-hydroxylation sites is 1. The summed E-state index contributed by atoms with van der Waals surface area (Å²) in [7, 11) is 0. The van der Waals surface area contributed by atoms with Crippen molar-refractivity contribution in [2.45, 2.75) is 26.7 Å². The average molecular weight is 350 g/mol. The number of carbonyl (C=O) groups excluding carboxylic acids is 1. The minimum Gasteiger partial charge on any atom is -0.626 e. The fourth-order valence-electron chi connectivity index (χ4n) is 2.95. The Balaban J connectivity index is 0.00000161. The van der Waals surface area contributed by atoms with Crippen LogP contribution in [0.5, 0.6) is 0 Å². The van der Waals surface area contributed by atoms with Crippen LogP contribution in [0.4, 0.5) is 5.69 Å². The van der Waals surface area contributed by atoms with E-state index in [0.29, 0.717) is 0 Å². The van der Waals surface area contributed by atoms with E-state index in [0.717, 1.165) is 22.4 Å². The normalized spacial score (nSPS) is 16.9. The van der Waals surface area contributed by atoms with Crippen molar-refractivity contribution in [1.29, 1.82) is 0 Å². The minimum absolute atomic E-state index is 0. The second kappa shape index (κ2) is 6.45. The van der Waals surface area contributed by atoms with Crippen molar-refractivity contribution in [3.8, 4) is 11.1 Å². The summed E-state index contributed by atoms with van der Waals surface area (Å²) in [5.41, 5.74) is 3.87. The molecule has 1 amide bonds. The topological polar surface area (TPSA) is 31.2 Å². The number of fused-ring (bicyclic) bond motifs is 3. The van der Waals surface area contributed by atoms with Gasteiger partial charge in [0.15, 0.2) is 0 Å². The molecule has 1 heterocycles. The Labute approximate surface area is 175 Å². The summed E-state index contributed by atoms with van der Waals surface area (Å²) in [6, 6.07) is 16.0. The smallest absolute Gasteiger partial charge is 0.626 e. The van der Waals surface area contributed by atoms with Crippen LogP contribution < -0.4 is 58.2 Å². The molecule has 0 saturated carbocycles. The molecule has 0 aromatic heterocycles. The van der Waals surface area contributed by atoms with Gasteiger partial charge in [-0.2, -0.15) is 0 Å². The van der Waals surface area contributed by atoms with Crippen molar-refractivity contribution in [1.82, 2.24) is 0 Å². The molecule has 21 heavy (non-hydrogen) atoms. The molecule has 0 radical (unpaired) electrons. The molecule has 0 bridgehead atoms. The summed E-state index contributed by atoms with van der Waals surface area (Å²) < 4.78 is 0.